The molecule has 0 aliphatic rings. The Kier molecular flexibility index (Phi) is 5.95. The number of halogens is 2. The Morgan fingerprint density at radius 3 is 2.37 bits per heavy atom. The van der Waals surface area contributed by atoms with Gasteiger partial charge in [0.1, 0.15) is 12.0 Å². The number of rotatable bonds is 6. The minimum Gasteiger partial charge on any atom is -0.393 e. The maximum atomic E-state index is 12.0. The zero-order chi connectivity index (χ0) is 19.2. The number of carbonyl (C=O) groups excluding carboxylic acids is 1. The van der Waals surface area contributed by atoms with Crippen LogP contribution < -0.4 is 21.9 Å². The molecule has 9 heteroatoms. The Bertz CT molecular complexity index is 932. The lowest BCUT2D eigenvalue weighted by atomic mass is 10.1. The Morgan fingerprint density at radius 1 is 1.00 bits per heavy atom. The van der Waals surface area contributed by atoms with Crippen molar-refractivity contribution in [3.63, 3.8) is 0 Å². The molecule has 1 amide bonds. The van der Waals surface area contributed by atoms with E-state index in [1.165, 1.54) is 6.33 Å². The molecule has 5 N–H and O–H groups in total. The summed E-state index contributed by atoms with van der Waals surface area (Å²) in [7, 11) is 0. The molecule has 138 valence electrons. The summed E-state index contributed by atoms with van der Waals surface area (Å²) in [6.45, 7) is 0. The highest BCUT2D eigenvalue weighted by Crippen LogP contribution is 2.28. The van der Waals surface area contributed by atoms with Gasteiger partial charge in [0, 0.05) is 15.7 Å². The number of hydrogen-bond donors (Lipinski definition) is 4. The first-order chi connectivity index (χ1) is 13.0. The topological polar surface area (TPSA) is 105 Å². The molecular weight excluding hydrogens is 387 g/mol. The number of benzene rings is 2. The molecule has 3 aromatic rings. The van der Waals surface area contributed by atoms with Gasteiger partial charge < -0.3 is 11.1 Å². The lowest BCUT2D eigenvalue weighted by Crippen LogP contribution is -2.31. The van der Waals surface area contributed by atoms with Gasteiger partial charge >= 0.3 is 0 Å². The Morgan fingerprint density at radius 2 is 1.67 bits per heavy atom. The van der Waals surface area contributed by atoms with Crippen LogP contribution >= 0.6 is 23.2 Å². The SMILES string of the molecule is Nc1c(NNC(=O)Cc2ccccc2)ncnc1Nc1cc(Cl)cc(Cl)c1. The van der Waals surface area contributed by atoms with Crippen molar-refractivity contribution in [3.05, 3.63) is 70.5 Å². The Balaban J connectivity index is 1.66. The van der Waals surface area contributed by atoms with Crippen LogP contribution in [0.4, 0.5) is 23.0 Å². The predicted molar refractivity (Wildman–Crippen MR) is 108 cm³/mol. The Hall–Kier alpha value is -3.03. The van der Waals surface area contributed by atoms with Gasteiger partial charge in [0.15, 0.2) is 11.6 Å². The molecule has 0 atom stereocenters. The van der Waals surface area contributed by atoms with Crippen molar-refractivity contribution in [3.8, 4) is 0 Å². The van der Waals surface area contributed by atoms with Crippen molar-refractivity contribution in [2.45, 2.75) is 6.42 Å². The molecule has 0 bridgehead atoms. The number of anilines is 4. The zero-order valence-corrected chi connectivity index (χ0v) is 15.6. The van der Waals surface area contributed by atoms with E-state index in [-0.39, 0.29) is 23.8 Å². The van der Waals surface area contributed by atoms with Crippen LogP contribution in [-0.2, 0) is 11.2 Å². The maximum absolute atomic E-state index is 12.0. The van der Waals surface area contributed by atoms with E-state index in [2.05, 4.69) is 26.1 Å². The lowest BCUT2D eigenvalue weighted by Gasteiger charge is -2.13. The standard InChI is InChI=1S/C18H16Cl2N6O/c19-12-7-13(20)9-14(8-12)24-17-16(21)18(23-10-22-17)26-25-15(27)6-11-4-2-1-3-5-11/h1-5,7-10H,6,21H2,(H,25,27)(H2,22,23,24,26). The van der Waals surface area contributed by atoms with Crippen molar-refractivity contribution in [1.82, 2.24) is 15.4 Å². The summed E-state index contributed by atoms with van der Waals surface area (Å²) in [6, 6.07) is 14.4. The second-order valence-corrected chi connectivity index (χ2v) is 6.48. The molecule has 7 nitrogen and oxygen atoms in total. The number of aromatic nitrogens is 2. The first-order valence-corrected chi connectivity index (χ1v) is 8.69. The fraction of sp³-hybridized carbons (Fsp3) is 0.0556. The molecule has 0 saturated carbocycles. The number of carbonyl (C=O) groups is 1. The van der Waals surface area contributed by atoms with Crippen LogP contribution in [-0.4, -0.2) is 15.9 Å². The predicted octanol–water partition coefficient (Wildman–Crippen LogP) is 3.80. The Labute approximate surface area is 165 Å². The smallest absolute Gasteiger partial charge is 0.242 e. The van der Waals surface area contributed by atoms with Crippen LogP contribution in [0.3, 0.4) is 0 Å². The van der Waals surface area contributed by atoms with Crippen LogP contribution in [0.2, 0.25) is 10.0 Å². The van der Waals surface area contributed by atoms with Crippen molar-refractivity contribution in [1.29, 1.82) is 0 Å². The van der Waals surface area contributed by atoms with Crippen molar-refractivity contribution in [2.24, 2.45) is 0 Å². The summed E-state index contributed by atoms with van der Waals surface area (Å²) in [5.74, 6) is 0.389. The number of amides is 1. The monoisotopic (exact) mass is 402 g/mol. The molecule has 0 aliphatic carbocycles. The quantitative estimate of drug-likeness (QED) is 0.467. The van der Waals surface area contributed by atoms with E-state index in [1.54, 1.807) is 18.2 Å². The van der Waals surface area contributed by atoms with E-state index in [1.807, 2.05) is 30.3 Å². The van der Waals surface area contributed by atoms with Crippen LogP contribution in [0.25, 0.3) is 0 Å². The van der Waals surface area contributed by atoms with Gasteiger partial charge in [-0.15, -0.1) is 0 Å². The third-order valence-corrected chi connectivity index (χ3v) is 3.97. The largest absolute Gasteiger partial charge is 0.393 e. The summed E-state index contributed by atoms with van der Waals surface area (Å²) in [4.78, 5) is 20.2. The molecule has 27 heavy (non-hydrogen) atoms. The average Bonchev–Trinajstić information content (AvgIpc) is 2.62. The summed E-state index contributed by atoms with van der Waals surface area (Å²) in [5, 5.41) is 3.98. The third kappa shape index (κ3) is 5.22. The summed E-state index contributed by atoms with van der Waals surface area (Å²) >= 11 is 12.0. The van der Waals surface area contributed by atoms with Gasteiger partial charge in [-0.25, -0.2) is 9.97 Å². The summed E-state index contributed by atoms with van der Waals surface area (Å²) in [6.07, 6.45) is 1.54. The first kappa shape index (κ1) is 18.8. The third-order valence-electron chi connectivity index (χ3n) is 3.54. The van der Waals surface area contributed by atoms with E-state index >= 15 is 0 Å². The summed E-state index contributed by atoms with van der Waals surface area (Å²) < 4.78 is 0. The maximum Gasteiger partial charge on any atom is 0.242 e. The molecule has 3 rings (SSSR count). The van der Waals surface area contributed by atoms with Gasteiger partial charge in [-0.1, -0.05) is 53.5 Å². The molecule has 1 heterocycles. The normalized spacial score (nSPS) is 10.3. The number of nitrogens with one attached hydrogen (secondary N) is 3. The van der Waals surface area contributed by atoms with Gasteiger partial charge in [-0.3, -0.25) is 15.6 Å². The van der Waals surface area contributed by atoms with Crippen LogP contribution in [0, 0.1) is 0 Å². The highest BCUT2D eigenvalue weighted by atomic mass is 35.5. The van der Waals surface area contributed by atoms with Crippen LogP contribution in [0.5, 0.6) is 0 Å². The molecule has 0 spiro atoms. The fourth-order valence-corrected chi connectivity index (χ4v) is 2.84. The average molecular weight is 403 g/mol. The first-order valence-electron chi connectivity index (χ1n) is 7.93. The highest BCUT2D eigenvalue weighted by molar-refractivity contribution is 6.35. The van der Waals surface area contributed by atoms with E-state index < -0.39 is 0 Å². The van der Waals surface area contributed by atoms with E-state index in [4.69, 9.17) is 28.9 Å². The van der Waals surface area contributed by atoms with Gasteiger partial charge in [0.05, 0.1) is 6.42 Å². The zero-order valence-electron chi connectivity index (χ0n) is 14.0. The van der Waals surface area contributed by atoms with Gasteiger partial charge in [0.2, 0.25) is 5.91 Å². The second-order valence-electron chi connectivity index (χ2n) is 5.60. The molecule has 0 aliphatic heterocycles. The molecule has 0 radical (unpaired) electrons. The van der Waals surface area contributed by atoms with Crippen LogP contribution in [0.1, 0.15) is 5.56 Å². The number of nitrogens with zero attached hydrogens (tertiary/aromatic N) is 2. The molecule has 2 aromatic carbocycles. The fourth-order valence-electron chi connectivity index (χ4n) is 2.31. The van der Waals surface area contributed by atoms with Crippen LogP contribution in [0.15, 0.2) is 54.9 Å². The van der Waals surface area contributed by atoms with Crippen molar-refractivity contribution in [2.75, 3.05) is 16.5 Å². The van der Waals surface area contributed by atoms with Crippen molar-refractivity contribution < 1.29 is 4.79 Å². The molecule has 0 unspecified atom stereocenters. The second kappa shape index (κ2) is 8.57. The number of hydrazine groups is 1. The number of nitrogens with two attached hydrogens (primary N) is 1. The van der Waals surface area contributed by atoms with Gasteiger partial charge in [-0.2, -0.15) is 0 Å². The minimum absolute atomic E-state index is 0.227. The number of nitrogen functional groups attached to an aromatic ring is 1. The number of hydrogen-bond acceptors (Lipinski definition) is 6. The molecule has 0 fully saturated rings. The lowest BCUT2D eigenvalue weighted by molar-refractivity contribution is -0.119. The molecule has 0 saturated heterocycles. The highest BCUT2D eigenvalue weighted by Gasteiger charge is 2.10. The van der Waals surface area contributed by atoms with Crippen molar-refractivity contribution >= 4 is 52.1 Å². The minimum atomic E-state index is -0.227. The van der Waals surface area contributed by atoms with Gasteiger partial charge in [-0.05, 0) is 23.8 Å². The van der Waals surface area contributed by atoms with Gasteiger partial charge in [0.25, 0.3) is 0 Å². The molecular formula is C18H16Cl2N6O. The summed E-state index contributed by atoms with van der Waals surface area (Å²) in [5.41, 5.74) is 13.1. The molecule has 1 aromatic heterocycles. The van der Waals surface area contributed by atoms with E-state index in [9.17, 15) is 4.79 Å². The van der Waals surface area contributed by atoms with E-state index in [0.29, 0.717) is 21.6 Å². The van der Waals surface area contributed by atoms with E-state index in [0.717, 1.165) is 5.56 Å².